The van der Waals surface area contributed by atoms with Crippen LogP contribution in [0.1, 0.15) is 0 Å². The van der Waals surface area contributed by atoms with E-state index in [-0.39, 0.29) is 35.2 Å². The molecule has 30 heavy (non-hydrogen) atoms. The van der Waals surface area contributed by atoms with Gasteiger partial charge in [0.25, 0.3) is 0 Å². The molecule has 1 amide bonds. The van der Waals surface area contributed by atoms with Crippen molar-refractivity contribution in [1.82, 2.24) is 0 Å². The van der Waals surface area contributed by atoms with Crippen LogP contribution >= 0.6 is 50.9 Å². The Morgan fingerprint density at radius 2 is 1.83 bits per heavy atom. The molecule has 1 fully saturated rings. The molecule has 0 saturated carbocycles. The number of amidine groups is 1. The Labute approximate surface area is 197 Å². The van der Waals surface area contributed by atoms with E-state index in [1.54, 1.807) is 30.3 Å². The minimum atomic E-state index is -3.17. The molecule has 6 nitrogen and oxygen atoms in total. The van der Waals surface area contributed by atoms with Gasteiger partial charge >= 0.3 is 0 Å². The lowest BCUT2D eigenvalue weighted by Crippen LogP contribution is -2.39. The number of carbonyl (C=O) groups excluding carboxylic acids is 1. The van der Waals surface area contributed by atoms with Gasteiger partial charge in [-0.3, -0.25) is 9.79 Å². The summed E-state index contributed by atoms with van der Waals surface area (Å²) in [5, 5.41) is 4.31. The standard InChI is InChI=1S/C19H16BrCl2N3O3S2/c20-11-1-3-14(4-2-11)23-18(26)8-29-19-24-16-9-30(27,28)10-17(16)25(19)15-6-12(21)5-13(22)7-15/h1-7,16-17H,8-10H2,(H,23,26)/t16-,17+/m1/s1. The number of fused-ring (bicyclic) bond motifs is 1. The van der Waals surface area contributed by atoms with Crippen molar-refractivity contribution in [2.75, 3.05) is 27.5 Å². The summed E-state index contributed by atoms with van der Waals surface area (Å²) in [6, 6.07) is 11.6. The molecular weight excluding hydrogens is 533 g/mol. The number of nitrogens with one attached hydrogen (secondary N) is 1. The van der Waals surface area contributed by atoms with Crippen LogP contribution in [0.4, 0.5) is 11.4 Å². The fourth-order valence-electron chi connectivity index (χ4n) is 3.47. The molecule has 2 aliphatic heterocycles. The predicted molar refractivity (Wildman–Crippen MR) is 128 cm³/mol. The molecule has 0 bridgehead atoms. The van der Waals surface area contributed by atoms with E-state index >= 15 is 0 Å². The van der Waals surface area contributed by atoms with Crippen molar-refractivity contribution < 1.29 is 13.2 Å². The summed E-state index contributed by atoms with van der Waals surface area (Å²) in [5.74, 6) is -0.0528. The highest BCUT2D eigenvalue weighted by atomic mass is 79.9. The number of rotatable bonds is 4. The normalized spacial score (nSPS) is 22.0. The van der Waals surface area contributed by atoms with Crippen molar-refractivity contribution in [3.05, 3.63) is 57.0 Å². The van der Waals surface area contributed by atoms with Crippen LogP contribution in [-0.4, -0.2) is 48.8 Å². The summed E-state index contributed by atoms with van der Waals surface area (Å²) in [4.78, 5) is 18.8. The van der Waals surface area contributed by atoms with E-state index in [0.717, 1.165) is 4.47 Å². The number of anilines is 2. The van der Waals surface area contributed by atoms with Crippen LogP contribution in [0.3, 0.4) is 0 Å². The molecule has 2 atom stereocenters. The second-order valence-electron chi connectivity index (χ2n) is 6.96. The average Bonchev–Trinajstić information content (AvgIpc) is 3.12. The van der Waals surface area contributed by atoms with E-state index in [1.165, 1.54) is 11.8 Å². The third-order valence-corrected chi connectivity index (χ3v) is 8.32. The maximum Gasteiger partial charge on any atom is 0.234 e. The molecule has 0 unspecified atom stereocenters. The first-order valence-electron chi connectivity index (χ1n) is 8.92. The molecule has 0 spiro atoms. The fourth-order valence-corrected chi connectivity index (χ4v) is 7.02. The van der Waals surface area contributed by atoms with E-state index in [1.807, 2.05) is 17.0 Å². The SMILES string of the molecule is O=C(CSC1=N[C@@H]2CS(=O)(=O)C[C@@H]2N1c1cc(Cl)cc(Cl)c1)Nc1ccc(Br)cc1. The first-order valence-corrected chi connectivity index (χ1v) is 13.3. The average molecular weight is 549 g/mol. The van der Waals surface area contributed by atoms with Gasteiger partial charge in [0.15, 0.2) is 15.0 Å². The third-order valence-electron chi connectivity index (χ3n) is 4.69. The lowest BCUT2D eigenvalue weighted by atomic mass is 10.1. The molecule has 1 saturated heterocycles. The number of benzene rings is 2. The van der Waals surface area contributed by atoms with E-state index in [4.69, 9.17) is 23.2 Å². The maximum atomic E-state index is 12.4. The van der Waals surface area contributed by atoms with Gasteiger partial charge in [0.2, 0.25) is 5.91 Å². The van der Waals surface area contributed by atoms with Gasteiger partial charge in [0, 0.05) is 25.9 Å². The lowest BCUT2D eigenvalue weighted by Gasteiger charge is -2.26. The van der Waals surface area contributed by atoms with Crippen molar-refractivity contribution in [3.8, 4) is 0 Å². The van der Waals surface area contributed by atoms with Crippen LogP contribution in [0.5, 0.6) is 0 Å². The van der Waals surface area contributed by atoms with E-state index in [9.17, 15) is 13.2 Å². The molecule has 2 aromatic carbocycles. The summed E-state index contributed by atoms with van der Waals surface area (Å²) < 4.78 is 25.2. The number of sulfone groups is 1. The predicted octanol–water partition coefficient (Wildman–Crippen LogP) is 4.47. The Kier molecular flexibility index (Phi) is 6.37. The minimum absolute atomic E-state index is 0.000445. The van der Waals surface area contributed by atoms with Crippen LogP contribution in [0, 0.1) is 0 Å². The third kappa shape index (κ3) is 4.96. The molecule has 4 rings (SSSR count). The summed E-state index contributed by atoms with van der Waals surface area (Å²) in [6.07, 6.45) is 0. The maximum absolute atomic E-state index is 12.4. The van der Waals surface area contributed by atoms with E-state index < -0.39 is 9.84 Å². The Bertz CT molecular complexity index is 1110. The summed E-state index contributed by atoms with van der Waals surface area (Å²) >= 11 is 16.9. The number of thioether (sulfide) groups is 1. The molecule has 11 heteroatoms. The summed E-state index contributed by atoms with van der Waals surface area (Å²) in [7, 11) is -3.17. The number of halogens is 3. The van der Waals surface area contributed by atoms with Crippen LogP contribution in [0.2, 0.25) is 10.0 Å². The van der Waals surface area contributed by atoms with Gasteiger partial charge in [0.05, 0.1) is 29.3 Å². The van der Waals surface area contributed by atoms with Gasteiger partial charge in [-0.15, -0.1) is 0 Å². The second-order valence-corrected chi connectivity index (χ2v) is 11.8. The van der Waals surface area contributed by atoms with Crippen LogP contribution in [0.15, 0.2) is 51.9 Å². The molecular formula is C19H16BrCl2N3O3S2. The second kappa shape index (κ2) is 8.70. The van der Waals surface area contributed by atoms with Crippen molar-refractivity contribution in [1.29, 1.82) is 0 Å². The van der Waals surface area contributed by atoms with Crippen molar-refractivity contribution in [3.63, 3.8) is 0 Å². The smallest absolute Gasteiger partial charge is 0.234 e. The molecule has 2 aliphatic rings. The topological polar surface area (TPSA) is 78.8 Å². The molecule has 0 aromatic heterocycles. The van der Waals surface area contributed by atoms with Crippen molar-refractivity contribution in [2.45, 2.75) is 12.1 Å². The Morgan fingerprint density at radius 1 is 1.17 bits per heavy atom. The van der Waals surface area contributed by atoms with Gasteiger partial charge < -0.3 is 10.2 Å². The lowest BCUT2D eigenvalue weighted by molar-refractivity contribution is -0.113. The molecule has 2 aromatic rings. The molecule has 2 heterocycles. The number of hydrogen-bond acceptors (Lipinski definition) is 6. The zero-order chi connectivity index (χ0) is 21.5. The zero-order valence-corrected chi connectivity index (χ0v) is 20.1. The van der Waals surface area contributed by atoms with Crippen molar-refractivity contribution >= 4 is 83.2 Å². The summed E-state index contributed by atoms with van der Waals surface area (Å²) in [6.45, 7) is 0. The number of hydrogen-bond donors (Lipinski definition) is 1. The number of aliphatic imine (C=N–C) groups is 1. The molecule has 0 aliphatic carbocycles. The Hall–Kier alpha value is -1.26. The zero-order valence-electron chi connectivity index (χ0n) is 15.4. The number of carbonyl (C=O) groups is 1. The Balaban J connectivity index is 1.52. The molecule has 158 valence electrons. The quantitative estimate of drug-likeness (QED) is 0.610. The first kappa shape index (κ1) is 22.0. The van der Waals surface area contributed by atoms with Gasteiger partial charge in [0.1, 0.15) is 0 Å². The van der Waals surface area contributed by atoms with Gasteiger partial charge in [-0.25, -0.2) is 8.42 Å². The summed E-state index contributed by atoms with van der Waals surface area (Å²) in [5.41, 5.74) is 1.36. The monoisotopic (exact) mass is 547 g/mol. The Morgan fingerprint density at radius 3 is 2.50 bits per heavy atom. The van der Waals surface area contributed by atoms with Crippen LogP contribution in [0.25, 0.3) is 0 Å². The van der Waals surface area contributed by atoms with Crippen molar-refractivity contribution in [2.24, 2.45) is 4.99 Å². The fraction of sp³-hybridized carbons (Fsp3) is 0.263. The van der Waals surface area contributed by atoms with Gasteiger partial charge in [-0.05, 0) is 42.5 Å². The number of amides is 1. The minimum Gasteiger partial charge on any atom is -0.325 e. The van der Waals surface area contributed by atoms with Gasteiger partial charge in [-0.1, -0.05) is 50.9 Å². The highest BCUT2D eigenvalue weighted by Gasteiger charge is 2.47. The van der Waals surface area contributed by atoms with Crippen LogP contribution in [-0.2, 0) is 14.6 Å². The van der Waals surface area contributed by atoms with Gasteiger partial charge in [-0.2, -0.15) is 0 Å². The largest absolute Gasteiger partial charge is 0.325 e. The highest BCUT2D eigenvalue weighted by molar-refractivity contribution is 9.10. The van der Waals surface area contributed by atoms with E-state index in [0.29, 0.717) is 26.6 Å². The number of nitrogens with zero attached hydrogens (tertiary/aromatic N) is 2. The highest BCUT2D eigenvalue weighted by Crippen LogP contribution is 2.37. The van der Waals surface area contributed by atoms with E-state index in [2.05, 4.69) is 26.2 Å². The molecule has 1 N–H and O–H groups in total. The van der Waals surface area contributed by atoms with Crippen LogP contribution < -0.4 is 10.2 Å². The first-order chi connectivity index (χ1) is 14.2. The molecule has 0 radical (unpaired) electrons.